The summed E-state index contributed by atoms with van der Waals surface area (Å²) in [5.41, 5.74) is -0.0389. The van der Waals surface area contributed by atoms with Crippen molar-refractivity contribution in [1.82, 2.24) is 20.2 Å². The Bertz CT molecular complexity index is 832. The molecule has 2 aromatic heterocycles. The van der Waals surface area contributed by atoms with E-state index >= 15 is 0 Å². The lowest BCUT2D eigenvalue weighted by molar-refractivity contribution is -0.121. The fourth-order valence-corrected chi connectivity index (χ4v) is 5.24. The van der Waals surface area contributed by atoms with Crippen LogP contribution in [0.5, 0.6) is 0 Å². The minimum absolute atomic E-state index is 0.0389. The number of anilines is 1. The first-order valence-electron chi connectivity index (χ1n) is 10.2. The Morgan fingerprint density at radius 2 is 2.07 bits per heavy atom. The molecule has 0 spiro atoms. The molecule has 2 saturated heterocycles. The molecule has 0 unspecified atom stereocenters. The number of oxazole rings is 1. The quantitative estimate of drug-likeness (QED) is 0.673. The second-order valence-corrected chi connectivity index (χ2v) is 11.1. The number of carbonyl (C=O) groups is 1. The zero-order chi connectivity index (χ0) is 20.4. The molecule has 4 heterocycles. The highest BCUT2D eigenvalue weighted by Gasteiger charge is 2.31. The van der Waals surface area contributed by atoms with Gasteiger partial charge in [0.15, 0.2) is 5.13 Å². The number of aromatic nitrogens is 2. The van der Waals surface area contributed by atoms with Crippen LogP contribution >= 0.6 is 23.1 Å². The average Bonchev–Trinajstić information content (AvgIpc) is 3.28. The van der Waals surface area contributed by atoms with Crippen LogP contribution in [0.25, 0.3) is 0 Å². The Kier molecular flexibility index (Phi) is 6.29. The van der Waals surface area contributed by atoms with Crippen molar-refractivity contribution in [3.8, 4) is 0 Å². The summed E-state index contributed by atoms with van der Waals surface area (Å²) in [6.45, 7) is 10.5. The number of rotatable bonds is 6. The molecule has 0 aromatic carbocycles. The van der Waals surface area contributed by atoms with Gasteiger partial charge in [0.1, 0.15) is 5.76 Å². The van der Waals surface area contributed by atoms with Crippen LogP contribution in [0.2, 0.25) is 0 Å². The molecule has 2 N–H and O–H groups in total. The van der Waals surface area contributed by atoms with Gasteiger partial charge in [0.25, 0.3) is 0 Å². The summed E-state index contributed by atoms with van der Waals surface area (Å²) in [5.74, 6) is 2.45. The monoisotopic (exact) mass is 435 g/mol. The molecule has 0 saturated carbocycles. The number of hydrogen-bond donors (Lipinski definition) is 2. The van der Waals surface area contributed by atoms with E-state index in [-0.39, 0.29) is 17.2 Å². The number of nitrogens with zero attached hydrogens (tertiary/aromatic N) is 3. The van der Waals surface area contributed by atoms with E-state index in [9.17, 15) is 4.79 Å². The van der Waals surface area contributed by atoms with E-state index < -0.39 is 0 Å². The molecule has 0 bridgehead atoms. The third-order valence-corrected chi connectivity index (χ3v) is 7.61. The molecule has 2 aromatic rings. The Morgan fingerprint density at radius 3 is 2.69 bits per heavy atom. The first-order valence-corrected chi connectivity index (χ1v) is 12.0. The Labute approximate surface area is 180 Å². The Balaban J connectivity index is 1.24. The smallest absolute Gasteiger partial charge is 0.229 e. The first-order chi connectivity index (χ1) is 13.9. The number of carbonyl (C=O) groups excluding carboxylic acids is 1. The van der Waals surface area contributed by atoms with Crippen LogP contribution in [0.4, 0.5) is 5.13 Å². The van der Waals surface area contributed by atoms with Crippen molar-refractivity contribution in [2.75, 3.05) is 31.5 Å². The van der Waals surface area contributed by atoms with E-state index in [1.54, 1.807) is 18.0 Å². The minimum atomic E-state index is -0.0389. The number of nitrogens with one attached hydrogen (secondary N) is 2. The van der Waals surface area contributed by atoms with Crippen molar-refractivity contribution < 1.29 is 9.21 Å². The largest absolute Gasteiger partial charge is 0.444 e. The maximum absolute atomic E-state index is 12.6. The fourth-order valence-electron chi connectivity index (χ4n) is 3.51. The predicted octanol–water partition coefficient (Wildman–Crippen LogP) is 3.34. The maximum atomic E-state index is 12.6. The van der Waals surface area contributed by atoms with E-state index in [1.807, 2.05) is 6.20 Å². The van der Waals surface area contributed by atoms with Crippen LogP contribution in [0.15, 0.2) is 21.0 Å². The van der Waals surface area contributed by atoms with Crippen LogP contribution in [0.3, 0.4) is 0 Å². The van der Waals surface area contributed by atoms with E-state index in [4.69, 9.17) is 4.42 Å². The molecule has 7 nitrogen and oxygen atoms in total. The van der Waals surface area contributed by atoms with Gasteiger partial charge in [-0.3, -0.25) is 9.69 Å². The summed E-state index contributed by atoms with van der Waals surface area (Å²) in [5, 5.41) is 7.00. The average molecular weight is 436 g/mol. The van der Waals surface area contributed by atoms with Crippen molar-refractivity contribution in [1.29, 1.82) is 0 Å². The highest BCUT2D eigenvalue weighted by atomic mass is 32.2. The summed E-state index contributed by atoms with van der Waals surface area (Å²) in [4.78, 5) is 23.8. The van der Waals surface area contributed by atoms with Crippen LogP contribution in [0.1, 0.15) is 45.3 Å². The van der Waals surface area contributed by atoms with E-state index in [0.717, 1.165) is 49.0 Å². The highest BCUT2D eigenvalue weighted by Crippen LogP contribution is 2.32. The molecule has 4 rings (SSSR count). The standard InChI is InChI=1S/C20H29N5O2S2/c1-20(2,3)15-10-22-16(27-15)12-28-17-11-23-19(29-17)24-18(26)13-4-6-25(7-5-13)14-8-21-9-14/h10-11,13-14,21H,4-9,12H2,1-3H3,(H,23,24,26). The Hall–Kier alpha value is -1.42. The van der Waals surface area contributed by atoms with Gasteiger partial charge in [-0.05, 0) is 25.9 Å². The molecular weight excluding hydrogens is 406 g/mol. The van der Waals surface area contributed by atoms with Gasteiger partial charge in [0.2, 0.25) is 11.8 Å². The Morgan fingerprint density at radius 1 is 1.31 bits per heavy atom. The van der Waals surface area contributed by atoms with Gasteiger partial charge in [-0.15, -0.1) is 11.8 Å². The molecule has 0 aliphatic carbocycles. The second-order valence-electron chi connectivity index (χ2n) is 8.75. The zero-order valence-corrected chi connectivity index (χ0v) is 18.9. The third kappa shape index (κ3) is 5.20. The maximum Gasteiger partial charge on any atom is 0.229 e. The van der Waals surface area contributed by atoms with Gasteiger partial charge in [0.05, 0.1) is 22.4 Å². The molecule has 1 amide bonds. The van der Waals surface area contributed by atoms with Gasteiger partial charge < -0.3 is 15.1 Å². The van der Waals surface area contributed by atoms with Crippen molar-refractivity contribution >= 4 is 34.1 Å². The van der Waals surface area contributed by atoms with Gasteiger partial charge in [-0.2, -0.15) is 0 Å². The van der Waals surface area contributed by atoms with Gasteiger partial charge in [-0.25, -0.2) is 9.97 Å². The lowest BCUT2D eigenvalue weighted by Crippen LogP contribution is -2.59. The molecule has 0 atom stereocenters. The fraction of sp³-hybridized carbons (Fsp3) is 0.650. The number of likely N-dealkylation sites (tertiary alicyclic amines) is 1. The third-order valence-electron chi connectivity index (χ3n) is 5.52. The van der Waals surface area contributed by atoms with Crippen LogP contribution in [-0.2, 0) is 16.0 Å². The number of thiazole rings is 1. The normalized spacial score (nSPS) is 19.3. The van der Waals surface area contributed by atoms with Crippen molar-refractivity contribution in [2.45, 2.75) is 55.0 Å². The summed E-state index contributed by atoms with van der Waals surface area (Å²) in [6, 6.07) is 0.667. The van der Waals surface area contributed by atoms with Crippen LogP contribution < -0.4 is 10.6 Å². The molecule has 158 valence electrons. The number of amides is 1. The van der Waals surface area contributed by atoms with Gasteiger partial charge in [-0.1, -0.05) is 32.1 Å². The second kappa shape index (κ2) is 8.75. The summed E-state index contributed by atoms with van der Waals surface area (Å²) in [7, 11) is 0. The first kappa shape index (κ1) is 20.8. The summed E-state index contributed by atoms with van der Waals surface area (Å²) >= 11 is 3.14. The summed E-state index contributed by atoms with van der Waals surface area (Å²) in [6.07, 6.45) is 5.47. The van der Waals surface area contributed by atoms with E-state index in [0.29, 0.717) is 22.8 Å². The number of thioether (sulfide) groups is 1. The molecule has 2 fully saturated rings. The van der Waals surface area contributed by atoms with Gasteiger partial charge >= 0.3 is 0 Å². The molecule has 2 aliphatic rings. The van der Waals surface area contributed by atoms with Crippen LogP contribution in [-0.4, -0.2) is 53.0 Å². The van der Waals surface area contributed by atoms with Crippen molar-refractivity contribution in [2.24, 2.45) is 5.92 Å². The molecule has 29 heavy (non-hydrogen) atoms. The van der Waals surface area contributed by atoms with Crippen molar-refractivity contribution in [3.05, 3.63) is 24.0 Å². The SMILES string of the molecule is CC(C)(C)c1cnc(CSc2cnc(NC(=O)C3CCN(C4CNC4)CC3)s2)o1. The predicted molar refractivity (Wildman–Crippen MR) is 116 cm³/mol. The van der Waals surface area contributed by atoms with E-state index in [2.05, 4.69) is 46.3 Å². The molecule has 9 heteroatoms. The molecular formula is C20H29N5O2S2. The lowest BCUT2D eigenvalue weighted by atomic mass is 9.94. The van der Waals surface area contributed by atoms with E-state index in [1.165, 1.54) is 11.3 Å². The minimum Gasteiger partial charge on any atom is -0.444 e. The lowest BCUT2D eigenvalue weighted by Gasteiger charge is -2.41. The number of piperidine rings is 1. The molecule has 0 radical (unpaired) electrons. The zero-order valence-electron chi connectivity index (χ0n) is 17.2. The van der Waals surface area contributed by atoms with Crippen LogP contribution in [0, 0.1) is 5.92 Å². The topological polar surface area (TPSA) is 83.3 Å². The number of hydrogen-bond acceptors (Lipinski definition) is 8. The van der Waals surface area contributed by atoms with Gasteiger partial charge in [0, 0.05) is 30.5 Å². The highest BCUT2D eigenvalue weighted by molar-refractivity contribution is 8.00. The molecule has 2 aliphatic heterocycles. The van der Waals surface area contributed by atoms with Crippen molar-refractivity contribution in [3.63, 3.8) is 0 Å². The summed E-state index contributed by atoms with van der Waals surface area (Å²) < 4.78 is 6.88.